The Balaban J connectivity index is 3.29. The molecular formula is C9H6BrF3N2O2. The Labute approximate surface area is 103 Å². The van der Waals surface area contributed by atoms with Crippen molar-refractivity contribution in [3.63, 3.8) is 0 Å². The van der Waals surface area contributed by atoms with Gasteiger partial charge in [0.2, 0.25) is 0 Å². The van der Waals surface area contributed by atoms with Gasteiger partial charge in [0.25, 0.3) is 0 Å². The predicted octanol–water partition coefficient (Wildman–Crippen LogP) is 2.65. The molecule has 0 unspecified atom stereocenters. The number of aromatic hydroxyl groups is 1. The number of halogens is 4. The lowest BCUT2D eigenvalue weighted by Gasteiger charge is -2.15. The maximum absolute atomic E-state index is 12.2. The zero-order chi connectivity index (χ0) is 13.1. The molecule has 0 radical (unpaired) electrons. The van der Waals surface area contributed by atoms with Crippen LogP contribution in [-0.2, 0) is 11.8 Å². The third-order valence-electron chi connectivity index (χ3n) is 1.79. The van der Waals surface area contributed by atoms with Gasteiger partial charge in [-0.3, -0.25) is 4.98 Å². The Bertz CT molecular complexity index is 457. The standard InChI is InChI=1S/C9H6BrF3N2O2/c10-3-5-7(16)4-15-6(1-2-14)8(5)17-9(11,12)13/h4,16H,1,3H2. The van der Waals surface area contributed by atoms with Gasteiger partial charge in [0.15, 0.2) is 5.75 Å². The first-order valence-electron chi connectivity index (χ1n) is 4.27. The van der Waals surface area contributed by atoms with E-state index in [1.807, 2.05) is 0 Å². The maximum Gasteiger partial charge on any atom is 0.573 e. The van der Waals surface area contributed by atoms with Crippen LogP contribution in [0, 0.1) is 11.3 Å². The minimum atomic E-state index is -4.91. The van der Waals surface area contributed by atoms with Gasteiger partial charge >= 0.3 is 6.36 Å². The Hall–Kier alpha value is -1.49. The molecule has 0 amide bonds. The molecule has 1 rings (SSSR count). The van der Waals surface area contributed by atoms with E-state index in [0.717, 1.165) is 6.20 Å². The van der Waals surface area contributed by atoms with Crippen molar-refractivity contribution >= 4 is 15.9 Å². The number of nitriles is 1. The fraction of sp³-hybridized carbons (Fsp3) is 0.333. The monoisotopic (exact) mass is 310 g/mol. The molecule has 0 saturated heterocycles. The third-order valence-corrected chi connectivity index (χ3v) is 2.35. The summed E-state index contributed by atoms with van der Waals surface area (Å²) in [5.41, 5.74) is -0.264. The summed E-state index contributed by atoms with van der Waals surface area (Å²) in [5, 5.41) is 17.8. The van der Waals surface area contributed by atoms with Gasteiger partial charge in [0.05, 0.1) is 29.9 Å². The number of hydrogen-bond donors (Lipinski definition) is 1. The fourth-order valence-electron chi connectivity index (χ4n) is 1.13. The van der Waals surface area contributed by atoms with Gasteiger partial charge in [-0.2, -0.15) is 5.26 Å². The van der Waals surface area contributed by atoms with E-state index < -0.39 is 17.9 Å². The summed E-state index contributed by atoms with van der Waals surface area (Å²) >= 11 is 2.93. The van der Waals surface area contributed by atoms with E-state index in [-0.39, 0.29) is 23.0 Å². The molecule has 92 valence electrons. The van der Waals surface area contributed by atoms with Crippen molar-refractivity contribution in [2.75, 3.05) is 0 Å². The number of alkyl halides is 4. The van der Waals surface area contributed by atoms with E-state index in [4.69, 9.17) is 5.26 Å². The average Bonchev–Trinajstić information content (AvgIpc) is 2.21. The van der Waals surface area contributed by atoms with Crippen molar-refractivity contribution in [3.05, 3.63) is 17.5 Å². The summed E-state index contributed by atoms with van der Waals surface area (Å²) in [5.74, 6) is -1.06. The number of hydrogen-bond acceptors (Lipinski definition) is 4. The minimum absolute atomic E-state index is 0.0504. The van der Waals surface area contributed by atoms with Crippen LogP contribution in [0.3, 0.4) is 0 Å². The highest BCUT2D eigenvalue weighted by Gasteiger charge is 2.34. The topological polar surface area (TPSA) is 66.1 Å². The number of pyridine rings is 1. The SMILES string of the molecule is N#CCc1ncc(O)c(CBr)c1OC(F)(F)F. The van der Waals surface area contributed by atoms with E-state index in [1.165, 1.54) is 0 Å². The Morgan fingerprint density at radius 2 is 2.18 bits per heavy atom. The van der Waals surface area contributed by atoms with E-state index in [0.29, 0.717) is 0 Å². The molecular weight excluding hydrogens is 305 g/mol. The van der Waals surface area contributed by atoms with Crippen molar-refractivity contribution in [3.8, 4) is 17.6 Å². The average molecular weight is 311 g/mol. The Morgan fingerprint density at radius 3 is 2.65 bits per heavy atom. The van der Waals surface area contributed by atoms with Crippen LogP contribution < -0.4 is 4.74 Å². The lowest BCUT2D eigenvalue weighted by atomic mass is 10.1. The van der Waals surface area contributed by atoms with Crippen molar-refractivity contribution in [2.45, 2.75) is 18.1 Å². The molecule has 0 aliphatic carbocycles. The van der Waals surface area contributed by atoms with E-state index in [2.05, 4.69) is 25.7 Å². The van der Waals surface area contributed by atoms with Gasteiger partial charge in [-0.05, 0) is 0 Å². The van der Waals surface area contributed by atoms with E-state index in [1.54, 1.807) is 6.07 Å². The summed E-state index contributed by atoms with van der Waals surface area (Å²) < 4.78 is 40.3. The number of ether oxygens (including phenoxy) is 1. The molecule has 1 aromatic rings. The molecule has 0 aliphatic rings. The Kier molecular flexibility index (Phi) is 4.17. The Morgan fingerprint density at radius 1 is 1.53 bits per heavy atom. The predicted molar refractivity (Wildman–Crippen MR) is 54.5 cm³/mol. The molecule has 0 saturated carbocycles. The van der Waals surface area contributed by atoms with Crippen LogP contribution in [0.15, 0.2) is 6.20 Å². The van der Waals surface area contributed by atoms with Gasteiger partial charge in [0, 0.05) is 5.33 Å². The van der Waals surface area contributed by atoms with Gasteiger partial charge in [0.1, 0.15) is 5.75 Å². The molecule has 1 aromatic heterocycles. The van der Waals surface area contributed by atoms with E-state index in [9.17, 15) is 18.3 Å². The van der Waals surface area contributed by atoms with Crippen LogP contribution in [-0.4, -0.2) is 16.5 Å². The second kappa shape index (κ2) is 5.23. The smallest absolute Gasteiger partial charge is 0.506 e. The van der Waals surface area contributed by atoms with Crippen LogP contribution in [0.4, 0.5) is 13.2 Å². The molecule has 8 heteroatoms. The lowest BCUT2D eigenvalue weighted by Crippen LogP contribution is -2.19. The molecule has 17 heavy (non-hydrogen) atoms. The lowest BCUT2D eigenvalue weighted by molar-refractivity contribution is -0.275. The van der Waals surface area contributed by atoms with Crippen molar-refractivity contribution in [1.82, 2.24) is 4.98 Å². The minimum Gasteiger partial charge on any atom is -0.506 e. The molecule has 1 N–H and O–H groups in total. The van der Waals surface area contributed by atoms with Crippen molar-refractivity contribution < 1.29 is 23.0 Å². The molecule has 0 bridgehead atoms. The van der Waals surface area contributed by atoms with Crippen molar-refractivity contribution in [1.29, 1.82) is 5.26 Å². The molecule has 0 atom stereocenters. The van der Waals surface area contributed by atoms with Gasteiger partial charge in [-0.1, -0.05) is 15.9 Å². The highest BCUT2D eigenvalue weighted by atomic mass is 79.9. The highest BCUT2D eigenvalue weighted by Crippen LogP contribution is 2.35. The zero-order valence-corrected chi connectivity index (χ0v) is 9.84. The highest BCUT2D eigenvalue weighted by molar-refractivity contribution is 9.08. The van der Waals surface area contributed by atoms with Gasteiger partial charge in [-0.25, -0.2) is 0 Å². The second-order valence-corrected chi connectivity index (χ2v) is 3.47. The summed E-state index contributed by atoms with van der Waals surface area (Å²) in [7, 11) is 0. The second-order valence-electron chi connectivity index (χ2n) is 2.91. The molecule has 0 fully saturated rings. The summed E-state index contributed by atoms with van der Waals surface area (Å²) in [6.45, 7) is 0. The van der Waals surface area contributed by atoms with Gasteiger partial charge < -0.3 is 9.84 Å². The molecule has 0 aliphatic heterocycles. The first-order chi connectivity index (χ1) is 7.89. The summed E-state index contributed by atoms with van der Waals surface area (Å²) in [4.78, 5) is 3.54. The maximum atomic E-state index is 12.2. The van der Waals surface area contributed by atoms with Crippen molar-refractivity contribution in [2.24, 2.45) is 0 Å². The van der Waals surface area contributed by atoms with Crippen LogP contribution in [0.5, 0.6) is 11.5 Å². The van der Waals surface area contributed by atoms with Crippen LogP contribution >= 0.6 is 15.9 Å². The normalized spacial score (nSPS) is 11.0. The third kappa shape index (κ3) is 3.49. The summed E-state index contributed by atoms with van der Waals surface area (Å²) in [6, 6.07) is 1.67. The van der Waals surface area contributed by atoms with E-state index >= 15 is 0 Å². The van der Waals surface area contributed by atoms with Crippen LogP contribution in [0.1, 0.15) is 11.3 Å². The number of nitrogens with zero attached hydrogens (tertiary/aromatic N) is 2. The van der Waals surface area contributed by atoms with Gasteiger partial charge in [-0.15, -0.1) is 13.2 Å². The molecule has 1 heterocycles. The number of aromatic nitrogens is 1. The molecule has 0 aromatic carbocycles. The fourth-order valence-corrected chi connectivity index (χ4v) is 1.67. The molecule has 0 spiro atoms. The van der Waals surface area contributed by atoms with Crippen LogP contribution in [0.25, 0.3) is 0 Å². The zero-order valence-electron chi connectivity index (χ0n) is 8.25. The number of rotatable bonds is 3. The quantitative estimate of drug-likeness (QED) is 0.872. The largest absolute Gasteiger partial charge is 0.573 e. The first kappa shape index (κ1) is 13.6. The van der Waals surface area contributed by atoms with Crippen LogP contribution in [0.2, 0.25) is 0 Å². The summed E-state index contributed by atoms with van der Waals surface area (Å²) in [6.07, 6.45) is -4.27. The first-order valence-corrected chi connectivity index (χ1v) is 5.39. The molecule has 4 nitrogen and oxygen atoms in total.